The summed E-state index contributed by atoms with van der Waals surface area (Å²) in [6, 6.07) is 19.8. The molecule has 0 saturated heterocycles. The summed E-state index contributed by atoms with van der Waals surface area (Å²) in [7, 11) is 0. The number of amides is 1. The number of benzene rings is 3. The number of ether oxygens (including phenoxy) is 1. The van der Waals surface area contributed by atoms with E-state index in [1.54, 1.807) is 18.2 Å². The van der Waals surface area contributed by atoms with Gasteiger partial charge < -0.3 is 14.5 Å². The predicted octanol–water partition coefficient (Wildman–Crippen LogP) is 5.75. The number of nitrogens with one attached hydrogen (secondary N) is 1. The molecule has 4 aromatic rings. The number of carbonyl (C=O) groups is 1. The van der Waals surface area contributed by atoms with Gasteiger partial charge in [-0.05, 0) is 43.7 Å². The molecule has 0 fully saturated rings. The van der Waals surface area contributed by atoms with Crippen LogP contribution >= 0.6 is 11.6 Å². The molecule has 1 N–H and O–H groups in total. The molecule has 0 aliphatic heterocycles. The van der Waals surface area contributed by atoms with Crippen molar-refractivity contribution < 1.29 is 13.9 Å². The van der Waals surface area contributed by atoms with Crippen LogP contribution in [0, 0.1) is 13.8 Å². The molecule has 31 heavy (non-hydrogen) atoms. The minimum atomic E-state index is -0.386. The van der Waals surface area contributed by atoms with E-state index in [1.807, 2.05) is 56.3 Å². The molecule has 5 nitrogen and oxygen atoms in total. The van der Waals surface area contributed by atoms with E-state index in [4.69, 9.17) is 20.8 Å². The second kappa shape index (κ2) is 8.66. The average molecular weight is 434 g/mol. The Morgan fingerprint density at radius 3 is 2.52 bits per heavy atom. The fourth-order valence-electron chi connectivity index (χ4n) is 3.21. The molecule has 0 unspecified atom stereocenters. The first kappa shape index (κ1) is 20.7. The van der Waals surface area contributed by atoms with Crippen LogP contribution < -0.4 is 15.5 Å². The highest BCUT2D eigenvalue weighted by Crippen LogP contribution is 2.32. The summed E-state index contributed by atoms with van der Waals surface area (Å²) in [4.78, 5) is 25.7. The van der Waals surface area contributed by atoms with Gasteiger partial charge in [0, 0.05) is 16.3 Å². The van der Waals surface area contributed by atoms with Crippen LogP contribution in [0.15, 0.2) is 75.9 Å². The van der Waals surface area contributed by atoms with E-state index >= 15 is 0 Å². The summed E-state index contributed by atoms with van der Waals surface area (Å²) in [5.41, 5.74) is 3.36. The third-order valence-electron chi connectivity index (χ3n) is 4.89. The molecule has 0 spiro atoms. The fourth-order valence-corrected chi connectivity index (χ4v) is 3.39. The number of hydrogen-bond acceptors (Lipinski definition) is 4. The molecule has 4 rings (SSSR count). The summed E-state index contributed by atoms with van der Waals surface area (Å²) < 4.78 is 11.7. The number of carbonyl (C=O) groups excluding carboxylic acids is 1. The van der Waals surface area contributed by atoms with Crippen molar-refractivity contribution in [3.8, 4) is 17.1 Å². The first-order valence-electron chi connectivity index (χ1n) is 9.74. The van der Waals surface area contributed by atoms with Crippen LogP contribution in [0.5, 0.6) is 5.75 Å². The molecule has 156 valence electrons. The number of hydrogen-bond donors (Lipinski definition) is 1. The molecular formula is C25H20ClNO4. The summed E-state index contributed by atoms with van der Waals surface area (Å²) in [6.45, 7) is 3.52. The largest absolute Gasteiger partial charge is 0.476 e. The number of halogens is 1. The van der Waals surface area contributed by atoms with Crippen molar-refractivity contribution in [3.63, 3.8) is 0 Å². The Kier molecular flexibility index (Phi) is 5.78. The molecule has 1 heterocycles. The SMILES string of the molecule is Cc1ccc(-c2oc3ccc(Cl)cc3c(=O)c2OCC(=O)Nc2ccccc2C)cc1. The molecule has 3 aromatic carbocycles. The van der Waals surface area contributed by atoms with Crippen LogP contribution in [0.25, 0.3) is 22.3 Å². The van der Waals surface area contributed by atoms with Gasteiger partial charge in [0.15, 0.2) is 12.4 Å². The molecule has 0 aliphatic carbocycles. The van der Waals surface area contributed by atoms with Gasteiger partial charge in [-0.1, -0.05) is 59.6 Å². The first-order chi connectivity index (χ1) is 14.9. The lowest BCUT2D eigenvalue weighted by Gasteiger charge is -2.13. The van der Waals surface area contributed by atoms with E-state index in [9.17, 15) is 9.59 Å². The second-order valence-electron chi connectivity index (χ2n) is 7.25. The maximum atomic E-state index is 13.2. The van der Waals surface area contributed by atoms with Gasteiger partial charge in [0.2, 0.25) is 11.2 Å². The third-order valence-corrected chi connectivity index (χ3v) is 5.13. The minimum Gasteiger partial charge on any atom is -0.476 e. The van der Waals surface area contributed by atoms with Gasteiger partial charge in [-0.15, -0.1) is 0 Å². The van der Waals surface area contributed by atoms with Gasteiger partial charge in [-0.3, -0.25) is 9.59 Å². The highest BCUT2D eigenvalue weighted by atomic mass is 35.5. The number of fused-ring (bicyclic) bond motifs is 1. The molecule has 6 heteroatoms. The zero-order chi connectivity index (χ0) is 22.0. The van der Waals surface area contributed by atoms with Crippen molar-refractivity contribution in [1.29, 1.82) is 0 Å². The van der Waals surface area contributed by atoms with Gasteiger partial charge in [0.1, 0.15) is 5.58 Å². The van der Waals surface area contributed by atoms with Crippen LogP contribution in [0.3, 0.4) is 0 Å². The first-order valence-corrected chi connectivity index (χ1v) is 10.1. The summed E-state index contributed by atoms with van der Waals surface area (Å²) in [6.07, 6.45) is 0. The van der Waals surface area contributed by atoms with Crippen LogP contribution in [0.4, 0.5) is 5.69 Å². The monoisotopic (exact) mass is 433 g/mol. The number of anilines is 1. The minimum absolute atomic E-state index is 0.0291. The molecule has 0 saturated carbocycles. The van der Waals surface area contributed by atoms with Gasteiger partial charge in [-0.2, -0.15) is 0 Å². The average Bonchev–Trinajstić information content (AvgIpc) is 2.75. The van der Waals surface area contributed by atoms with E-state index in [1.165, 1.54) is 6.07 Å². The molecule has 0 atom stereocenters. The Balaban J connectivity index is 1.71. The Morgan fingerprint density at radius 1 is 1.03 bits per heavy atom. The zero-order valence-electron chi connectivity index (χ0n) is 17.1. The summed E-state index contributed by atoms with van der Waals surface area (Å²) in [5, 5.41) is 3.49. The molecule has 1 amide bonds. The highest BCUT2D eigenvalue weighted by molar-refractivity contribution is 6.31. The topological polar surface area (TPSA) is 68.5 Å². The molecule has 0 radical (unpaired) electrons. The van der Waals surface area contributed by atoms with Crippen LogP contribution in [-0.4, -0.2) is 12.5 Å². The maximum Gasteiger partial charge on any atom is 0.262 e. The lowest BCUT2D eigenvalue weighted by molar-refractivity contribution is -0.118. The summed E-state index contributed by atoms with van der Waals surface area (Å²) in [5.74, 6) is -0.142. The highest BCUT2D eigenvalue weighted by Gasteiger charge is 2.19. The standard InChI is InChI=1S/C25H20ClNO4/c1-15-7-9-17(10-8-15)24-25(23(29)19-13-18(26)11-12-21(19)31-24)30-14-22(28)27-20-6-4-3-5-16(20)2/h3-13H,14H2,1-2H3,(H,27,28). The quantitative estimate of drug-likeness (QED) is 0.435. The van der Waals surface area contributed by atoms with Gasteiger partial charge in [-0.25, -0.2) is 0 Å². The predicted molar refractivity (Wildman–Crippen MR) is 123 cm³/mol. The smallest absolute Gasteiger partial charge is 0.262 e. The van der Waals surface area contributed by atoms with Crippen molar-refractivity contribution in [2.24, 2.45) is 0 Å². The Bertz CT molecular complexity index is 1330. The van der Waals surface area contributed by atoms with Crippen LogP contribution in [-0.2, 0) is 4.79 Å². The second-order valence-corrected chi connectivity index (χ2v) is 7.68. The van der Waals surface area contributed by atoms with E-state index < -0.39 is 0 Å². The van der Waals surface area contributed by atoms with Gasteiger partial charge in [0.05, 0.1) is 5.39 Å². The lowest BCUT2D eigenvalue weighted by atomic mass is 10.1. The Morgan fingerprint density at radius 2 is 1.77 bits per heavy atom. The zero-order valence-corrected chi connectivity index (χ0v) is 17.8. The Hall–Kier alpha value is -3.57. The third kappa shape index (κ3) is 4.47. The maximum absolute atomic E-state index is 13.2. The Labute approximate surface area is 184 Å². The number of para-hydroxylation sites is 1. The molecule has 0 bridgehead atoms. The fraction of sp³-hybridized carbons (Fsp3) is 0.120. The van der Waals surface area contributed by atoms with E-state index in [-0.39, 0.29) is 34.8 Å². The lowest BCUT2D eigenvalue weighted by Crippen LogP contribution is -2.23. The number of aryl methyl sites for hydroxylation is 2. The van der Waals surface area contributed by atoms with Crippen molar-refractivity contribution in [1.82, 2.24) is 0 Å². The van der Waals surface area contributed by atoms with Gasteiger partial charge >= 0.3 is 0 Å². The molecule has 1 aromatic heterocycles. The normalized spacial score (nSPS) is 10.8. The van der Waals surface area contributed by atoms with E-state index in [2.05, 4.69) is 5.32 Å². The van der Waals surface area contributed by atoms with E-state index in [0.717, 1.165) is 11.1 Å². The number of rotatable bonds is 5. The molecular weight excluding hydrogens is 414 g/mol. The van der Waals surface area contributed by atoms with Crippen LogP contribution in [0.1, 0.15) is 11.1 Å². The molecule has 0 aliphatic rings. The van der Waals surface area contributed by atoms with Gasteiger partial charge in [0.25, 0.3) is 5.91 Å². The van der Waals surface area contributed by atoms with Crippen molar-refractivity contribution in [2.75, 3.05) is 11.9 Å². The van der Waals surface area contributed by atoms with Crippen molar-refractivity contribution in [2.45, 2.75) is 13.8 Å². The van der Waals surface area contributed by atoms with Crippen LogP contribution in [0.2, 0.25) is 5.02 Å². The van der Waals surface area contributed by atoms with E-state index in [0.29, 0.717) is 21.9 Å². The van der Waals surface area contributed by atoms with Crippen molar-refractivity contribution in [3.05, 3.63) is 93.1 Å². The summed E-state index contributed by atoms with van der Waals surface area (Å²) >= 11 is 6.06. The van der Waals surface area contributed by atoms with Crippen molar-refractivity contribution >= 4 is 34.2 Å².